The van der Waals surface area contributed by atoms with Crippen LogP contribution in [0.2, 0.25) is 5.02 Å². The van der Waals surface area contributed by atoms with Gasteiger partial charge in [0.25, 0.3) is 0 Å². The lowest BCUT2D eigenvalue weighted by Gasteiger charge is -2.33. The maximum absolute atomic E-state index is 5.99. The lowest BCUT2D eigenvalue weighted by molar-refractivity contribution is 0.404. The molecule has 0 saturated carbocycles. The summed E-state index contributed by atoms with van der Waals surface area (Å²) in [5.74, 6) is 1.14. The van der Waals surface area contributed by atoms with Crippen molar-refractivity contribution in [3.63, 3.8) is 0 Å². The SMILES string of the molecule is Cl.Clc1ccc([C@@H]2CCNC[C@@H]2c2ccccc2)cc1. The van der Waals surface area contributed by atoms with Crippen molar-refractivity contribution in [2.45, 2.75) is 18.3 Å². The zero-order valence-electron chi connectivity index (χ0n) is 11.3. The highest BCUT2D eigenvalue weighted by atomic mass is 35.5. The van der Waals surface area contributed by atoms with Crippen molar-refractivity contribution in [1.29, 1.82) is 0 Å². The third-order valence-electron chi connectivity index (χ3n) is 4.01. The minimum Gasteiger partial charge on any atom is -0.316 e. The second-order valence-corrected chi connectivity index (χ2v) is 5.60. The Bertz CT molecular complexity index is 524. The Labute approximate surface area is 131 Å². The van der Waals surface area contributed by atoms with Crippen LogP contribution in [-0.4, -0.2) is 13.1 Å². The van der Waals surface area contributed by atoms with Crippen LogP contribution in [0.25, 0.3) is 0 Å². The lowest BCUT2D eigenvalue weighted by atomic mass is 9.77. The molecule has 20 heavy (non-hydrogen) atoms. The van der Waals surface area contributed by atoms with Gasteiger partial charge in [-0.05, 0) is 42.1 Å². The maximum atomic E-state index is 5.99. The van der Waals surface area contributed by atoms with Gasteiger partial charge in [-0.2, -0.15) is 0 Å². The van der Waals surface area contributed by atoms with Crippen LogP contribution in [0.15, 0.2) is 54.6 Å². The molecule has 3 rings (SSSR count). The molecule has 1 aliphatic rings. The Balaban J connectivity index is 0.00000147. The minimum absolute atomic E-state index is 0. The number of piperidine rings is 1. The zero-order valence-corrected chi connectivity index (χ0v) is 12.8. The van der Waals surface area contributed by atoms with Gasteiger partial charge < -0.3 is 5.32 Å². The Morgan fingerprint density at radius 1 is 0.850 bits per heavy atom. The molecule has 1 aliphatic heterocycles. The monoisotopic (exact) mass is 307 g/mol. The molecule has 1 nitrogen and oxygen atoms in total. The number of nitrogens with one attached hydrogen (secondary N) is 1. The van der Waals surface area contributed by atoms with E-state index in [-0.39, 0.29) is 12.4 Å². The maximum Gasteiger partial charge on any atom is 0.0406 e. The van der Waals surface area contributed by atoms with Crippen molar-refractivity contribution in [3.8, 4) is 0 Å². The van der Waals surface area contributed by atoms with Gasteiger partial charge in [-0.15, -0.1) is 12.4 Å². The van der Waals surface area contributed by atoms with Gasteiger partial charge in [0.15, 0.2) is 0 Å². The molecule has 0 bridgehead atoms. The molecule has 0 unspecified atom stereocenters. The average molecular weight is 308 g/mol. The molecule has 106 valence electrons. The fourth-order valence-corrected chi connectivity index (χ4v) is 3.14. The van der Waals surface area contributed by atoms with Crippen molar-refractivity contribution in [1.82, 2.24) is 5.32 Å². The van der Waals surface area contributed by atoms with Crippen molar-refractivity contribution >= 4 is 24.0 Å². The number of rotatable bonds is 2. The van der Waals surface area contributed by atoms with E-state index in [1.807, 2.05) is 12.1 Å². The Morgan fingerprint density at radius 2 is 1.50 bits per heavy atom. The predicted octanol–water partition coefficient (Wildman–Crippen LogP) is 4.62. The van der Waals surface area contributed by atoms with Crippen molar-refractivity contribution in [3.05, 3.63) is 70.7 Å². The van der Waals surface area contributed by atoms with E-state index in [1.165, 1.54) is 17.5 Å². The van der Waals surface area contributed by atoms with Crippen LogP contribution in [0.4, 0.5) is 0 Å². The molecular formula is C17H19Cl2N. The number of halogens is 2. The van der Waals surface area contributed by atoms with Gasteiger partial charge >= 0.3 is 0 Å². The largest absolute Gasteiger partial charge is 0.316 e. The number of benzene rings is 2. The molecule has 0 aliphatic carbocycles. The van der Waals surface area contributed by atoms with Crippen LogP contribution in [0.3, 0.4) is 0 Å². The van der Waals surface area contributed by atoms with Gasteiger partial charge in [-0.1, -0.05) is 54.1 Å². The number of hydrogen-bond acceptors (Lipinski definition) is 1. The summed E-state index contributed by atoms with van der Waals surface area (Å²) in [6.07, 6.45) is 1.18. The molecule has 2 aromatic rings. The van der Waals surface area contributed by atoms with E-state index >= 15 is 0 Å². The predicted molar refractivity (Wildman–Crippen MR) is 88.1 cm³/mol. The van der Waals surface area contributed by atoms with E-state index in [1.54, 1.807) is 0 Å². The topological polar surface area (TPSA) is 12.0 Å². The third-order valence-corrected chi connectivity index (χ3v) is 4.26. The molecule has 1 saturated heterocycles. The average Bonchev–Trinajstić information content (AvgIpc) is 2.49. The molecular weight excluding hydrogens is 289 g/mol. The van der Waals surface area contributed by atoms with Crippen molar-refractivity contribution in [2.75, 3.05) is 13.1 Å². The summed E-state index contributed by atoms with van der Waals surface area (Å²) in [5, 5.41) is 4.33. The van der Waals surface area contributed by atoms with E-state index in [0.29, 0.717) is 11.8 Å². The summed E-state index contributed by atoms with van der Waals surface area (Å²) >= 11 is 5.99. The van der Waals surface area contributed by atoms with E-state index in [2.05, 4.69) is 47.8 Å². The van der Waals surface area contributed by atoms with E-state index in [4.69, 9.17) is 11.6 Å². The van der Waals surface area contributed by atoms with Crippen molar-refractivity contribution in [2.24, 2.45) is 0 Å². The van der Waals surface area contributed by atoms with E-state index in [9.17, 15) is 0 Å². The molecule has 1 fully saturated rings. The van der Waals surface area contributed by atoms with Gasteiger partial charge in [0.05, 0.1) is 0 Å². The van der Waals surface area contributed by atoms with Crippen LogP contribution in [0.5, 0.6) is 0 Å². The lowest BCUT2D eigenvalue weighted by Crippen LogP contribution is -2.33. The standard InChI is InChI=1S/C17H18ClN.ClH/c18-15-8-6-14(7-9-15)16-10-11-19-12-17(16)13-4-2-1-3-5-13;/h1-9,16-17,19H,10-12H2;1H/t16-,17+;/m0./s1. The first-order chi connectivity index (χ1) is 9.34. The molecule has 1 heterocycles. The van der Waals surface area contributed by atoms with Crippen molar-refractivity contribution < 1.29 is 0 Å². The van der Waals surface area contributed by atoms with Gasteiger partial charge in [0, 0.05) is 17.5 Å². The van der Waals surface area contributed by atoms with Crippen LogP contribution < -0.4 is 5.32 Å². The molecule has 2 aromatic carbocycles. The Hall–Kier alpha value is -1.02. The molecule has 0 aromatic heterocycles. The fourth-order valence-electron chi connectivity index (χ4n) is 3.02. The zero-order chi connectivity index (χ0) is 13.1. The fraction of sp³-hybridized carbons (Fsp3) is 0.294. The third kappa shape index (κ3) is 3.35. The molecule has 3 heteroatoms. The summed E-state index contributed by atoms with van der Waals surface area (Å²) in [6, 6.07) is 19.2. The van der Waals surface area contributed by atoms with Crippen LogP contribution >= 0.6 is 24.0 Å². The van der Waals surface area contributed by atoms with Crippen LogP contribution in [0.1, 0.15) is 29.4 Å². The van der Waals surface area contributed by atoms with Gasteiger partial charge in [0.1, 0.15) is 0 Å². The minimum atomic E-state index is 0. The summed E-state index contributed by atoms with van der Waals surface area (Å²) in [6.45, 7) is 2.15. The molecule has 1 N–H and O–H groups in total. The summed E-state index contributed by atoms with van der Waals surface area (Å²) < 4.78 is 0. The molecule has 0 spiro atoms. The Morgan fingerprint density at radius 3 is 2.20 bits per heavy atom. The highest BCUT2D eigenvalue weighted by Gasteiger charge is 2.27. The normalized spacial score (nSPS) is 22.1. The molecule has 2 atom stereocenters. The first-order valence-electron chi connectivity index (χ1n) is 6.86. The summed E-state index contributed by atoms with van der Waals surface area (Å²) in [7, 11) is 0. The smallest absolute Gasteiger partial charge is 0.0406 e. The summed E-state index contributed by atoms with van der Waals surface area (Å²) in [5.41, 5.74) is 2.83. The van der Waals surface area contributed by atoms with E-state index < -0.39 is 0 Å². The van der Waals surface area contributed by atoms with Gasteiger partial charge in [0.2, 0.25) is 0 Å². The quantitative estimate of drug-likeness (QED) is 0.853. The van der Waals surface area contributed by atoms with Gasteiger partial charge in [-0.3, -0.25) is 0 Å². The second kappa shape index (κ2) is 7.12. The summed E-state index contributed by atoms with van der Waals surface area (Å²) in [4.78, 5) is 0. The van der Waals surface area contributed by atoms with E-state index in [0.717, 1.165) is 18.1 Å². The van der Waals surface area contributed by atoms with Crippen LogP contribution in [0, 0.1) is 0 Å². The first kappa shape index (κ1) is 15.4. The van der Waals surface area contributed by atoms with Gasteiger partial charge in [-0.25, -0.2) is 0 Å². The highest BCUT2D eigenvalue weighted by Crippen LogP contribution is 2.37. The number of hydrogen-bond donors (Lipinski definition) is 1. The molecule has 0 radical (unpaired) electrons. The Kier molecular flexibility index (Phi) is 5.47. The van der Waals surface area contributed by atoms with Crippen LogP contribution in [-0.2, 0) is 0 Å². The molecule has 0 amide bonds. The highest BCUT2D eigenvalue weighted by molar-refractivity contribution is 6.30. The second-order valence-electron chi connectivity index (χ2n) is 5.17. The first-order valence-corrected chi connectivity index (χ1v) is 7.23.